The Kier molecular flexibility index (Phi) is 6.58. The number of hydrogen-bond donors (Lipinski definition) is 3. The summed E-state index contributed by atoms with van der Waals surface area (Å²) < 4.78 is 0. The summed E-state index contributed by atoms with van der Waals surface area (Å²) in [6.45, 7) is 13.7. The summed E-state index contributed by atoms with van der Waals surface area (Å²) in [5.74, 6) is -0.396. The van der Waals surface area contributed by atoms with Gasteiger partial charge in [0.2, 0.25) is 5.91 Å². The van der Waals surface area contributed by atoms with Crippen molar-refractivity contribution in [3.63, 3.8) is 0 Å². The molecule has 1 heterocycles. The number of aryl methyl sites for hydroxylation is 1. The first kappa shape index (κ1) is 22.4. The molecular formula is C21H33N3O3S. The van der Waals surface area contributed by atoms with E-state index in [1.165, 1.54) is 21.8 Å². The molecular weight excluding hydrogens is 374 g/mol. The molecule has 0 unspecified atom stereocenters. The first-order chi connectivity index (χ1) is 12.8. The van der Waals surface area contributed by atoms with Gasteiger partial charge in [-0.3, -0.25) is 25.2 Å². The third kappa shape index (κ3) is 5.56. The van der Waals surface area contributed by atoms with Crippen LogP contribution >= 0.6 is 11.3 Å². The van der Waals surface area contributed by atoms with E-state index in [0.29, 0.717) is 10.8 Å². The topological polar surface area (TPSA) is 87.3 Å². The van der Waals surface area contributed by atoms with Crippen LogP contribution in [0.2, 0.25) is 0 Å². The van der Waals surface area contributed by atoms with Crippen LogP contribution < -0.4 is 16.2 Å². The highest BCUT2D eigenvalue weighted by atomic mass is 32.1. The third-order valence-electron chi connectivity index (χ3n) is 5.25. The highest BCUT2D eigenvalue weighted by Crippen LogP contribution is 2.40. The molecule has 28 heavy (non-hydrogen) atoms. The molecule has 2 rings (SSSR count). The molecule has 0 radical (unpaired) electrons. The summed E-state index contributed by atoms with van der Waals surface area (Å²) >= 11 is 1.50. The van der Waals surface area contributed by atoms with Gasteiger partial charge in [0.15, 0.2) is 0 Å². The molecule has 7 heteroatoms. The Morgan fingerprint density at radius 3 is 2.32 bits per heavy atom. The monoisotopic (exact) mass is 407 g/mol. The predicted octanol–water partition coefficient (Wildman–Crippen LogP) is 3.21. The van der Waals surface area contributed by atoms with Crippen LogP contribution in [0.15, 0.2) is 6.07 Å². The van der Waals surface area contributed by atoms with Crippen LogP contribution in [-0.2, 0) is 22.4 Å². The van der Waals surface area contributed by atoms with Gasteiger partial charge in [-0.2, -0.15) is 0 Å². The lowest BCUT2D eigenvalue weighted by Gasteiger charge is -2.33. The van der Waals surface area contributed by atoms with E-state index in [1.807, 2.05) is 6.07 Å². The molecule has 0 bridgehead atoms. The van der Waals surface area contributed by atoms with Crippen LogP contribution in [0.5, 0.6) is 0 Å². The molecule has 2 atom stereocenters. The molecule has 0 saturated heterocycles. The van der Waals surface area contributed by atoms with Crippen molar-refractivity contribution in [2.75, 3.05) is 0 Å². The second-order valence-corrected chi connectivity index (χ2v) is 10.9. The number of hydrogen-bond acceptors (Lipinski definition) is 4. The van der Waals surface area contributed by atoms with E-state index in [0.717, 1.165) is 19.3 Å². The van der Waals surface area contributed by atoms with E-state index < -0.39 is 17.4 Å². The van der Waals surface area contributed by atoms with E-state index in [2.05, 4.69) is 36.9 Å². The molecule has 0 aliphatic heterocycles. The molecule has 3 N–H and O–H groups in total. The highest BCUT2D eigenvalue weighted by molar-refractivity contribution is 7.14. The van der Waals surface area contributed by atoms with Crippen molar-refractivity contribution in [3.8, 4) is 0 Å². The van der Waals surface area contributed by atoms with Crippen molar-refractivity contribution in [3.05, 3.63) is 21.4 Å². The van der Waals surface area contributed by atoms with Gasteiger partial charge >= 0.3 is 0 Å². The number of fused-ring (bicyclic) bond motifs is 1. The van der Waals surface area contributed by atoms with E-state index >= 15 is 0 Å². The number of amides is 3. The number of nitrogens with one attached hydrogen (secondary N) is 3. The van der Waals surface area contributed by atoms with Crippen molar-refractivity contribution >= 4 is 29.1 Å². The molecule has 1 aromatic rings. The van der Waals surface area contributed by atoms with Gasteiger partial charge in [0.05, 0.1) is 4.88 Å². The van der Waals surface area contributed by atoms with Crippen LogP contribution in [0.4, 0.5) is 0 Å². The van der Waals surface area contributed by atoms with Crippen LogP contribution in [0.1, 0.15) is 75.0 Å². The standard InChI is InChI=1S/C21H33N3O3S/c1-12(22-19(27)21(5,6)7)17(25)23-24-18(26)16-11-13-10-14(20(2,3)4)8-9-15(13)28-16/h11-12,14H,8-10H2,1-7H3,(H,22,27)(H,23,25)(H,24,26)/t12-,14+/m1/s1. The van der Waals surface area contributed by atoms with Crippen LogP contribution in [0, 0.1) is 16.7 Å². The minimum absolute atomic E-state index is 0.221. The normalized spacial score (nSPS) is 18.0. The lowest BCUT2D eigenvalue weighted by Crippen LogP contribution is -2.52. The molecule has 1 aromatic heterocycles. The Morgan fingerprint density at radius 1 is 1.11 bits per heavy atom. The maximum atomic E-state index is 12.4. The average Bonchev–Trinajstić information content (AvgIpc) is 3.00. The minimum atomic E-state index is -0.740. The summed E-state index contributed by atoms with van der Waals surface area (Å²) in [6.07, 6.45) is 3.13. The second kappa shape index (κ2) is 8.23. The van der Waals surface area contributed by atoms with Gasteiger partial charge in [-0.1, -0.05) is 41.5 Å². The molecule has 0 spiro atoms. The van der Waals surface area contributed by atoms with Gasteiger partial charge in [0, 0.05) is 10.3 Å². The largest absolute Gasteiger partial charge is 0.344 e. The van der Waals surface area contributed by atoms with Crippen molar-refractivity contribution in [1.82, 2.24) is 16.2 Å². The lowest BCUT2D eigenvalue weighted by atomic mass is 9.72. The Balaban J connectivity index is 1.91. The number of hydrazine groups is 1. The maximum Gasteiger partial charge on any atom is 0.279 e. The van der Waals surface area contributed by atoms with Crippen LogP contribution in [0.3, 0.4) is 0 Å². The average molecular weight is 408 g/mol. The van der Waals surface area contributed by atoms with Gasteiger partial charge in [-0.15, -0.1) is 11.3 Å². The zero-order valence-corrected chi connectivity index (χ0v) is 18.8. The summed E-state index contributed by atoms with van der Waals surface area (Å²) in [5.41, 5.74) is 5.78. The molecule has 0 aromatic carbocycles. The van der Waals surface area contributed by atoms with Crippen LogP contribution in [-0.4, -0.2) is 23.8 Å². The first-order valence-corrected chi connectivity index (χ1v) is 10.6. The van der Waals surface area contributed by atoms with Crippen molar-refractivity contribution in [1.29, 1.82) is 0 Å². The Labute approximate surface area is 171 Å². The molecule has 1 aliphatic rings. The molecule has 3 amide bonds. The molecule has 0 saturated carbocycles. The number of carbonyl (C=O) groups is 3. The predicted molar refractivity (Wildman–Crippen MR) is 112 cm³/mol. The van der Waals surface area contributed by atoms with E-state index in [9.17, 15) is 14.4 Å². The van der Waals surface area contributed by atoms with Gasteiger partial charge in [0.25, 0.3) is 11.8 Å². The Hall–Kier alpha value is -1.89. The molecule has 1 aliphatic carbocycles. The minimum Gasteiger partial charge on any atom is -0.344 e. The summed E-state index contributed by atoms with van der Waals surface area (Å²) in [5, 5.41) is 2.64. The van der Waals surface area contributed by atoms with E-state index in [4.69, 9.17) is 0 Å². The molecule has 6 nitrogen and oxygen atoms in total. The van der Waals surface area contributed by atoms with Gasteiger partial charge in [-0.05, 0) is 49.1 Å². The van der Waals surface area contributed by atoms with E-state index in [-0.39, 0.29) is 17.2 Å². The van der Waals surface area contributed by atoms with E-state index in [1.54, 1.807) is 27.7 Å². The zero-order chi connectivity index (χ0) is 21.3. The number of rotatable bonds is 3. The number of thiophene rings is 1. The maximum absolute atomic E-state index is 12.4. The zero-order valence-electron chi connectivity index (χ0n) is 18.0. The summed E-state index contributed by atoms with van der Waals surface area (Å²) in [7, 11) is 0. The lowest BCUT2D eigenvalue weighted by molar-refractivity contribution is -0.133. The van der Waals surface area contributed by atoms with Crippen LogP contribution in [0.25, 0.3) is 0 Å². The molecule has 0 fully saturated rings. The van der Waals surface area contributed by atoms with Gasteiger partial charge < -0.3 is 5.32 Å². The Morgan fingerprint density at radius 2 is 1.75 bits per heavy atom. The fourth-order valence-corrected chi connectivity index (χ4v) is 4.25. The van der Waals surface area contributed by atoms with Crippen molar-refractivity contribution in [2.24, 2.45) is 16.7 Å². The number of carbonyl (C=O) groups excluding carboxylic acids is 3. The molecule has 156 valence electrons. The first-order valence-electron chi connectivity index (χ1n) is 9.81. The highest BCUT2D eigenvalue weighted by Gasteiger charge is 2.30. The fraction of sp³-hybridized carbons (Fsp3) is 0.667. The van der Waals surface area contributed by atoms with Gasteiger partial charge in [-0.25, -0.2) is 0 Å². The SMILES string of the molecule is C[C@@H](NC(=O)C(C)(C)C)C(=O)NNC(=O)c1cc2c(s1)CC[C@H](C(C)(C)C)C2. The summed E-state index contributed by atoms with van der Waals surface area (Å²) in [6, 6.07) is 1.21. The summed E-state index contributed by atoms with van der Waals surface area (Å²) in [4.78, 5) is 38.4. The fourth-order valence-electron chi connectivity index (χ4n) is 3.14. The third-order valence-corrected chi connectivity index (χ3v) is 6.49. The van der Waals surface area contributed by atoms with Gasteiger partial charge in [0.1, 0.15) is 6.04 Å². The van der Waals surface area contributed by atoms with Crippen molar-refractivity contribution in [2.45, 2.75) is 73.8 Å². The smallest absolute Gasteiger partial charge is 0.279 e. The second-order valence-electron chi connectivity index (χ2n) is 9.75. The Bertz CT molecular complexity index is 756. The van der Waals surface area contributed by atoms with Crippen molar-refractivity contribution < 1.29 is 14.4 Å². The quantitative estimate of drug-likeness (QED) is 0.673.